The van der Waals surface area contributed by atoms with Crippen LogP contribution < -0.4 is 0 Å². The van der Waals surface area contributed by atoms with Crippen molar-refractivity contribution in [2.45, 2.75) is 83.5 Å². The molecule has 2 heteroatoms. The lowest BCUT2D eigenvalue weighted by Crippen LogP contribution is -2.25. The topological polar surface area (TPSA) is 0 Å². The van der Waals surface area contributed by atoms with Crippen molar-refractivity contribution in [3.8, 4) is 0 Å². The van der Waals surface area contributed by atoms with E-state index in [-0.39, 0.29) is 11.8 Å². The molecule has 0 N–H and O–H groups in total. The lowest BCUT2D eigenvalue weighted by Gasteiger charge is -2.37. The van der Waals surface area contributed by atoms with E-state index in [0.717, 1.165) is 31.1 Å². The largest absolute Gasteiger partial charge is 0.203 e. The van der Waals surface area contributed by atoms with Crippen molar-refractivity contribution in [3.63, 3.8) is 0 Å². The molecule has 0 amide bonds. The second kappa shape index (κ2) is 8.67. The number of hydrogen-bond donors (Lipinski definition) is 0. The Morgan fingerprint density at radius 2 is 1.54 bits per heavy atom. The molecule has 2 saturated carbocycles. The first kappa shape index (κ1) is 19.6. The Kier molecular flexibility index (Phi) is 6.53. The summed E-state index contributed by atoms with van der Waals surface area (Å²) in [4.78, 5) is 0. The van der Waals surface area contributed by atoms with E-state index in [2.05, 4.69) is 12.7 Å². The predicted octanol–water partition coefficient (Wildman–Crippen LogP) is 7.74. The minimum Gasteiger partial charge on any atom is -0.203 e. The lowest BCUT2D eigenvalue weighted by atomic mass is 9.68. The van der Waals surface area contributed by atoms with Crippen LogP contribution >= 0.6 is 0 Å². The van der Waals surface area contributed by atoms with E-state index < -0.39 is 11.6 Å². The monoisotopic (exact) mass is 360 g/mol. The molecule has 1 unspecified atom stereocenters. The first-order valence-electron chi connectivity index (χ1n) is 10.6. The highest BCUT2D eigenvalue weighted by molar-refractivity contribution is 5.31. The lowest BCUT2D eigenvalue weighted by molar-refractivity contribution is 0.170. The van der Waals surface area contributed by atoms with Gasteiger partial charge in [-0.2, -0.15) is 0 Å². The van der Waals surface area contributed by atoms with Crippen molar-refractivity contribution >= 4 is 0 Å². The molecule has 0 aromatic heterocycles. The molecule has 0 nitrogen and oxygen atoms in total. The Morgan fingerprint density at radius 1 is 0.962 bits per heavy atom. The third-order valence-corrected chi connectivity index (χ3v) is 7.31. The molecule has 1 aromatic rings. The zero-order valence-electron chi connectivity index (χ0n) is 16.4. The molecule has 2 fully saturated rings. The van der Waals surface area contributed by atoms with Gasteiger partial charge < -0.3 is 0 Å². The van der Waals surface area contributed by atoms with E-state index in [1.54, 1.807) is 0 Å². The second-order valence-corrected chi connectivity index (χ2v) is 8.70. The molecule has 2 aliphatic carbocycles. The maximum atomic E-state index is 14.7. The molecular weight excluding hydrogens is 326 g/mol. The zero-order valence-corrected chi connectivity index (χ0v) is 16.4. The molecule has 0 spiro atoms. The van der Waals surface area contributed by atoms with Crippen LogP contribution in [0.4, 0.5) is 8.78 Å². The Bertz CT molecular complexity index is 605. The van der Waals surface area contributed by atoms with E-state index in [4.69, 9.17) is 0 Å². The van der Waals surface area contributed by atoms with Crippen LogP contribution in [0, 0.1) is 29.4 Å². The number of allylic oxidation sites excluding steroid dienone is 1. The maximum absolute atomic E-state index is 14.7. The van der Waals surface area contributed by atoms with Crippen molar-refractivity contribution in [3.05, 3.63) is 47.5 Å². The molecule has 3 rings (SSSR count). The molecule has 0 heterocycles. The smallest absolute Gasteiger partial charge is 0.162 e. The summed E-state index contributed by atoms with van der Waals surface area (Å²) in [5.74, 6) is 1.39. The third kappa shape index (κ3) is 4.05. The summed E-state index contributed by atoms with van der Waals surface area (Å²) in [6.07, 6.45) is 12.5. The molecule has 0 bridgehead atoms. The summed E-state index contributed by atoms with van der Waals surface area (Å²) in [6, 6.07) is 3.69. The summed E-state index contributed by atoms with van der Waals surface area (Å²) in [7, 11) is 0. The predicted molar refractivity (Wildman–Crippen MR) is 105 cm³/mol. The third-order valence-electron chi connectivity index (χ3n) is 7.31. The van der Waals surface area contributed by atoms with E-state index in [9.17, 15) is 8.78 Å². The van der Waals surface area contributed by atoms with Gasteiger partial charge >= 0.3 is 0 Å². The maximum Gasteiger partial charge on any atom is 0.162 e. The number of benzene rings is 1. The van der Waals surface area contributed by atoms with Crippen molar-refractivity contribution < 1.29 is 8.78 Å². The van der Waals surface area contributed by atoms with E-state index in [0.29, 0.717) is 17.0 Å². The second-order valence-electron chi connectivity index (χ2n) is 8.70. The SMILES string of the molecule is C=CC1CCC(C2CCC(c3ccc(C(C)CC)c(F)c3F)CC2)CC1. The minimum atomic E-state index is -0.610. The standard InChI is InChI=1S/C24H34F2/c1-4-16(3)21-14-15-22(24(26)23(21)25)20-12-10-19(11-13-20)18-8-6-17(5-2)7-9-18/h5,14-20H,2,4,6-13H2,1,3H3. The molecule has 144 valence electrons. The summed E-state index contributed by atoms with van der Waals surface area (Å²) in [5, 5.41) is 0. The van der Waals surface area contributed by atoms with Crippen LogP contribution in [-0.2, 0) is 0 Å². The van der Waals surface area contributed by atoms with Crippen LogP contribution in [0.2, 0.25) is 0 Å². The Morgan fingerprint density at radius 3 is 2.08 bits per heavy atom. The number of halogens is 2. The van der Waals surface area contributed by atoms with Crippen molar-refractivity contribution in [1.29, 1.82) is 0 Å². The normalized spacial score (nSPS) is 30.8. The molecule has 0 aliphatic heterocycles. The highest BCUT2D eigenvalue weighted by Crippen LogP contribution is 2.44. The van der Waals surface area contributed by atoms with Crippen LogP contribution in [0.15, 0.2) is 24.8 Å². The van der Waals surface area contributed by atoms with Gasteiger partial charge in [-0.15, -0.1) is 6.58 Å². The quantitative estimate of drug-likeness (QED) is 0.471. The van der Waals surface area contributed by atoms with Gasteiger partial charge in [-0.3, -0.25) is 0 Å². The zero-order chi connectivity index (χ0) is 18.7. The van der Waals surface area contributed by atoms with Gasteiger partial charge in [-0.05, 0) is 98.5 Å². The van der Waals surface area contributed by atoms with Crippen molar-refractivity contribution in [1.82, 2.24) is 0 Å². The van der Waals surface area contributed by atoms with Gasteiger partial charge in [-0.1, -0.05) is 32.1 Å². The molecule has 26 heavy (non-hydrogen) atoms. The number of hydrogen-bond acceptors (Lipinski definition) is 0. The average molecular weight is 361 g/mol. The molecule has 0 radical (unpaired) electrons. The Hall–Kier alpha value is -1.18. The van der Waals surface area contributed by atoms with Gasteiger partial charge in [0.1, 0.15) is 0 Å². The average Bonchev–Trinajstić information content (AvgIpc) is 2.69. The van der Waals surface area contributed by atoms with E-state index in [1.807, 2.05) is 26.0 Å². The highest BCUT2D eigenvalue weighted by atomic mass is 19.2. The fourth-order valence-electron chi connectivity index (χ4n) is 5.25. The van der Waals surface area contributed by atoms with E-state index in [1.165, 1.54) is 38.5 Å². The fourth-order valence-corrected chi connectivity index (χ4v) is 5.25. The summed E-state index contributed by atoms with van der Waals surface area (Å²) in [6.45, 7) is 7.91. The van der Waals surface area contributed by atoms with Crippen LogP contribution in [0.25, 0.3) is 0 Å². The van der Waals surface area contributed by atoms with Crippen molar-refractivity contribution in [2.24, 2.45) is 17.8 Å². The van der Waals surface area contributed by atoms with Gasteiger partial charge in [0.15, 0.2) is 11.6 Å². The Labute approximate surface area is 158 Å². The molecule has 1 aromatic carbocycles. The molecule has 0 saturated heterocycles. The first-order chi connectivity index (χ1) is 12.5. The molecular formula is C24H34F2. The van der Waals surface area contributed by atoms with Gasteiger partial charge in [-0.25, -0.2) is 8.78 Å². The van der Waals surface area contributed by atoms with Gasteiger partial charge in [0, 0.05) is 0 Å². The fraction of sp³-hybridized carbons (Fsp3) is 0.667. The van der Waals surface area contributed by atoms with Crippen molar-refractivity contribution in [2.75, 3.05) is 0 Å². The summed E-state index contributed by atoms with van der Waals surface area (Å²) >= 11 is 0. The van der Waals surface area contributed by atoms with Crippen LogP contribution in [0.3, 0.4) is 0 Å². The first-order valence-corrected chi connectivity index (χ1v) is 10.6. The van der Waals surface area contributed by atoms with Crippen LogP contribution in [0.1, 0.15) is 94.6 Å². The molecule has 2 aliphatic rings. The van der Waals surface area contributed by atoms with Gasteiger partial charge in [0.05, 0.1) is 0 Å². The number of rotatable bonds is 5. The Balaban J connectivity index is 1.61. The summed E-state index contributed by atoms with van der Waals surface area (Å²) in [5.41, 5.74) is 1.14. The van der Waals surface area contributed by atoms with Crippen LogP contribution in [0.5, 0.6) is 0 Å². The molecule has 1 atom stereocenters. The van der Waals surface area contributed by atoms with Gasteiger partial charge in [0.25, 0.3) is 0 Å². The summed E-state index contributed by atoms with van der Waals surface area (Å²) < 4.78 is 29.2. The van der Waals surface area contributed by atoms with Crippen LogP contribution in [-0.4, -0.2) is 0 Å². The minimum absolute atomic E-state index is 0.0694. The van der Waals surface area contributed by atoms with E-state index >= 15 is 0 Å². The van der Waals surface area contributed by atoms with Gasteiger partial charge in [0.2, 0.25) is 0 Å². The highest BCUT2D eigenvalue weighted by Gasteiger charge is 2.32.